The first-order chi connectivity index (χ1) is 17.4. The number of nitrogens with two attached hydrogens (primary N) is 2. The summed E-state index contributed by atoms with van der Waals surface area (Å²) in [6.07, 6.45) is 0. The molecule has 4 N–H and O–H groups in total. The summed E-state index contributed by atoms with van der Waals surface area (Å²) in [4.78, 5) is 2.06. The zero-order valence-corrected chi connectivity index (χ0v) is 20.6. The van der Waals surface area contributed by atoms with E-state index in [9.17, 15) is 17.6 Å². The van der Waals surface area contributed by atoms with Crippen LogP contribution in [0.5, 0.6) is 0 Å². The summed E-state index contributed by atoms with van der Waals surface area (Å²) in [5.41, 5.74) is 16.4. The predicted molar refractivity (Wildman–Crippen MR) is 137 cm³/mol. The third kappa shape index (κ3) is 4.54. The predicted octanol–water partition coefficient (Wildman–Crippen LogP) is 7.24. The molecule has 2 aliphatic heterocycles. The molecule has 2 heterocycles. The van der Waals surface area contributed by atoms with Crippen molar-refractivity contribution in [2.75, 3.05) is 0 Å². The van der Waals surface area contributed by atoms with Crippen LogP contribution in [0.4, 0.5) is 17.6 Å². The van der Waals surface area contributed by atoms with Crippen LogP contribution >= 0.6 is 23.5 Å². The minimum Gasteiger partial charge on any atom is -0.320 e. The third-order valence-corrected chi connectivity index (χ3v) is 8.62. The van der Waals surface area contributed by atoms with Gasteiger partial charge in [0.05, 0.1) is 12.1 Å². The number of benzene rings is 4. The second-order valence-corrected chi connectivity index (χ2v) is 10.5. The lowest BCUT2D eigenvalue weighted by Gasteiger charge is -2.15. The van der Waals surface area contributed by atoms with Gasteiger partial charge >= 0.3 is 0 Å². The van der Waals surface area contributed by atoms with Crippen LogP contribution in [0.2, 0.25) is 0 Å². The van der Waals surface area contributed by atoms with Crippen molar-refractivity contribution in [3.63, 3.8) is 0 Å². The Labute approximate surface area is 215 Å². The van der Waals surface area contributed by atoms with Gasteiger partial charge in [-0.05, 0) is 46.5 Å². The first-order valence-corrected chi connectivity index (χ1v) is 13.2. The number of hydrogen-bond acceptors (Lipinski definition) is 4. The fourth-order valence-corrected chi connectivity index (χ4v) is 6.72. The van der Waals surface area contributed by atoms with Crippen molar-refractivity contribution >= 4 is 23.5 Å². The van der Waals surface area contributed by atoms with Crippen LogP contribution in [0.15, 0.2) is 82.6 Å². The standard InChI is InChI=1S/2C14H11F2NS/c2*15-11-6-5-8-10(13(11)16)7-18-12-4-2-1-3-9(12)14(8)17/h2*1-6,14H,7,17H2/t2*14-/m10/s1. The second kappa shape index (κ2) is 10.3. The van der Waals surface area contributed by atoms with E-state index in [4.69, 9.17) is 11.5 Å². The van der Waals surface area contributed by atoms with Gasteiger partial charge in [0.1, 0.15) is 0 Å². The summed E-state index contributed by atoms with van der Waals surface area (Å²) in [7, 11) is 0. The number of thioether (sulfide) groups is 2. The molecule has 0 aromatic heterocycles. The van der Waals surface area contributed by atoms with E-state index in [2.05, 4.69) is 0 Å². The minimum absolute atomic E-state index is 0.378. The SMILES string of the molecule is N[C@@H]1c2ccccc2SCc2c1ccc(F)c2F.N[C@H]1c2ccccc2SCc2c1ccc(F)c2F. The lowest BCUT2D eigenvalue weighted by atomic mass is 9.95. The van der Waals surface area contributed by atoms with Crippen molar-refractivity contribution in [1.82, 2.24) is 0 Å². The smallest absolute Gasteiger partial charge is 0.163 e. The van der Waals surface area contributed by atoms with Gasteiger partial charge in [-0.25, -0.2) is 17.6 Å². The molecular formula is C28H22F4N2S2. The molecule has 4 aromatic rings. The summed E-state index contributed by atoms with van der Waals surface area (Å²) < 4.78 is 54.2. The van der Waals surface area contributed by atoms with Gasteiger partial charge in [-0.3, -0.25) is 0 Å². The molecule has 6 rings (SSSR count). The normalized spacial score (nSPS) is 17.8. The molecule has 0 amide bonds. The summed E-state index contributed by atoms with van der Waals surface area (Å²) in [5, 5.41) is 0. The van der Waals surface area contributed by atoms with Crippen molar-refractivity contribution < 1.29 is 17.6 Å². The Morgan fingerprint density at radius 2 is 0.917 bits per heavy atom. The molecule has 4 aromatic carbocycles. The molecule has 0 saturated carbocycles. The van der Waals surface area contributed by atoms with Gasteiger partial charge in [0, 0.05) is 32.4 Å². The maximum absolute atomic E-state index is 13.8. The minimum atomic E-state index is -0.812. The fourth-order valence-electron chi connectivity index (χ4n) is 4.46. The number of rotatable bonds is 0. The molecule has 184 valence electrons. The van der Waals surface area contributed by atoms with Crippen LogP contribution in [0.3, 0.4) is 0 Å². The fraction of sp³-hybridized carbons (Fsp3) is 0.143. The first kappa shape index (κ1) is 24.9. The Hall–Kier alpha value is -2.78. The Balaban J connectivity index is 0.000000148. The molecule has 0 spiro atoms. The van der Waals surface area contributed by atoms with Crippen LogP contribution < -0.4 is 11.5 Å². The molecule has 0 aliphatic carbocycles. The highest BCUT2D eigenvalue weighted by Crippen LogP contribution is 2.40. The van der Waals surface area contributed by atoms with Crippen molar-refractivity contribution in [3.05, 3.63) is 129 Å². The van der Waals surface area contributed by atoms with E-state index in [0.717, 1.165) is 33.1 Å². The van der Waals surface area contributed by atoms with E-state index in [0.29, 0.717) is 33.8 Å². The van der Waals surface area contributed by atoms with Crippen molar-refractivity contribution in [1.29, 1.82) is 0 Å². The summed E-state index contributed by atoms with van der Waals surface area (Å²) in [6.45, 7) is 0. The summed E-state index contributed by atoms with van der Waals surface area (Å²) in [5.74, 6) is -2.36. The van der Waals surface area contributed by atoms with Crippen molar-refractivity contribution in [2.24, 2.45) is 11.5 Å². The van der Waals surface area contributed by atoms with Gasteiger partial charge in [0.15, 0.2) is 23.3 Å². The first-order valence-electron chi connectivity index (χ1n) is 11.2. The zero-order chi connectivity index (χ0) is 25.4. The maximum atomic E-state index is 13.8. The van der Waals surface area contributed by atoms with Gasteiger partial charge in [-0.2, -0.15) is 0 Å². The van der Waals surface area contributed by atoms with Crippen molar-refractivity contribution in [2.45, 2.75) is 33.4 Å². The molecule has 0 bridgehead atoms. The van der Waals surface area contributed by atoms with Gasteiger partial charge in [-0.1, -0.05) is 48.5 Å². The average molecular weight is 527 g/mol. The topological polar surface area (TPSA) is 52.0 Å². The Morgan fingerprint density at radius 1 is 0.528 bits per heavy atom. The average Bonchev–Trinajstić information content (AvgIpc) is 3.13. The maximum Gasteiger partial charge on any atom is 0.163 e. The molecule has 0 unspecified atom stereocenters. The van der Waals surface area contributed by atoms with Gasteiger partial charge in [0.25, 0.3) is 0 Å². The van der Waals surface area contributed by atoms with E-state index >= 15 is 0 Å². The summed E-state index contributed by atoms with van der Waals surface area (Å²) >= 11 is 2.98. The second-order valence-electron chi connectivity index (χ2n) is 8.47. The van der Waals surface area contributed by atoms with E-state index in [1.165, 1.54) is 23.5 Å². The number of halogens is 4. The van der Waals surface area contributed by atoms with E-state index in [1.807, 2.05) is 48.5 Å². The van der Waals surface area contributed by atoms with Crippen LogP contribution in [-0.2, 0) is 11.5 Å². The van der Waals surface area contributed by atoms with Crippen LogP contribution in [0.1, 0.15) is 45.5 Å². The molecule has 0 fully saturated rings. The largest absolute Gasteiger partial charge is 0.320 e. The zero-order valence-electron chi connectivity index (χ0n) is 19.0. The van der Waals surface area contributed by atoms with E-state index < -0.39 is 35.4 Å². The number of fused-ring (bicyclic) bond motifs is 4. The Bertz CT molecular complexity index is 1330. The lowest BCUT2D eigenvalue weighted by Crippen LogP contribution is -2.14. The third-order valence-electron chi connectivity index (χ3n) is 6.39. The Kier molecular flexibility index (Phi) is 7.12. The van der Waals surface area contributed by atoms with Gasteiger partial charge < -0.3 is 11.5 Å². The van der Waals surface area contributed by atoms with Crippen LogP contribution in [0, 0.1) is 23.3 Å². The van der Waals surface area contributed by atoms with E-state index in [1.54, 1.807) is 12.1 Å². The lowest BCUT2D eigenvalue weighted by molar-refractivity contribution is 0.499. The molecule has 36 heavy (non-hydrogen) atoms. The summed E-state index contributed by atoms with van der Waals surface area (Å²) in [6, 6.07) is 20.1. The number of hydrogen-bond donors (Lipinski definition) is 2. The molecule has 8 heteroatoms. The quantitative estimate of drug-likeness (QED) is 0.237. The van der Waals surface area contributed by atoms with Crippen LogP contribution in [0.25, 0.3) is 0 Å². The molecule has 2 nitrogen and oxygen atoms in total. The van der Waals surface area contributed by atoms with Gasteiger partial charge in [0.2, 0.25) is 0 Å². The Morgan fingerprint density at radius 3 is 1.33 bits per heavy atom. The van der Waals surface area contributed by atoms with Crippen LogP contribution in [-0.4, -0.2) is 0 Å². The van der Waals surface area contributed by atoms with Gasteiger partial charge in [-0.15, -0.1) is 23.5 Å². The molecule has 2 atom stereocenters. The molecule has 0 saturated heterocycles. The van der Waals surface area contributed by atoms with Crippen molar-refractivity contribution in [3.8, 4) is 0 Å². The highest BCUT2D eigenvalue weighted by Gasteiger charge is 2.25. The molecule has 2 aliphatic rings. The highest BCUT2D eigenvalue weighted by atomic mass is 32.2. The van der Waals surface area contributed by atoms with E-state index in [-0.39, 0.29) is 0 Å². The monoisotopic (exact) mass is 526 g/mol. The molecule has 0 radical (unpaired) electrons. The highest BCUT2D eigenvalue weighted by molar-refractivity contribution is 7.98. The molecular weight excluding hydrogens is 504 g/mol.